The van der Waals surface area contributed by atoms with Crippen molar-refractivity contribution in [1.82, 2.24) is 39.0 Å². The van der Waals surface area contributed by atoms with Gasteiger partial charge in [0.2, 0.25) is 0 Å². The molecule has 0 aliphatic heterocycles. The van der Waals surface area contributed by atoms with E-state index in [0.29, 0.717) is 34.9 Å². The molecule has 0 fully saturated rings. The van der Waals surface area contributed by atoms with E-state index in [1.54, 1.807) is 0 Å². The van der Waals surface area contributed by atoms with Crippen LogP contribution in [0.15, 0.2) is 376 Å². The molecule has 494 valence electrons. The van der Waals surface area contributed by atoms with Gasteiger partial charge in [-0.05, 0) is 162 Å². The molecule has 16 aromatic carbocycles. The molecule has 0 radical (unpaired) electrons. The number of aromatic nitrogens is 8. The van der Waals surface area contributed by atoms with Gasteiger partial charge in [-0.3, -0.25) is 0 Å². The number of nitrogens with zero attached hydrogens (tertiary/aromatic N) is 8. The van der Waals surface area contributed by atoms with Crippen LogP contribution in [0, 0.1) is 0 Å². The first kappa shape index (κ1) is 61.5. The van der Waals surface area contributed by atoms with Crippen molar-refractivity contribution < 1.29 is 0 Å². The summed E-state index contributed by atoms with van der Waals surface area (Å²) in [4.78, 5) is 31.3. The van der Waals surface area contributed by atoms with Gasteiger partial charge in [0, 0.05) is 66.3 Å². The molecule has 0 spiro atoms. The molecule has 8 heteroatoms. The maximum absolute atomic E-state index is 5.28. The van der Waals surface area contributed by atoms with Crippen LogP contribution in [0.1, 0.15) is 0 Å². The number of hydrogen-bond donors (Lipinski definition) is 0. The lowest BCUT2D eigenvalue weighted by atomic mass is 9.95. The zero-order chi connectivity index (χ0) is 70.0. The van der Waals surface area contributed by atoms with Crippen molar-refractivity contribution >= 4 is 65.2 Å². The molecule has 0 N–H and O–H groups in total. The highest BCUT2D eigenvalue weighted by Gasteiger charge is 2.20. The molecule has 106 heavy (non-hydrogen) atoms. The van der Waals surface area contributed by atoms with Crippen molar-refractivity contribution in [1.29, 1.82) is 0 Å². The Kier molecular flexibility index (Phi) is 15.0. The Bertz CT molecular complexity index is 6670. The van der Waals surface area contributed by atoms with Crippen LogP contribution in [-0.4, -0.2) is 39.0 Å². The monoisotopic (exact) mass is 1350 g/mol. The average Bonchev–Trinajstić information content (AvgIpc) is 1.62. The van der Waals surface area contributed by atoms with E-state index in [0.717, 1.165) is 128 Å². The summed E-state index contributed by atoms with van der Waals surface area (Å²) in [6.45, 7) is 0. The summed E-state index contributed by atoms with van der Waals surface area (Å²) in [5.41, 5.74) is 23.3. The van der Waals surface area contributed by atoms with Crippen LogP contribution in [0.3, 0.4) is 0 Å². The van der Waals surface area contributed by atoms with Crippen molar-refractivity contribution in [2.75, 3.05) is 0 Å². The van der Waals surface area contributed by atoms with Gasteiger partial charge >= 0.3 is 0 Å². The quantitative estimate of drug-likeness (QED) is 0.114. The molecule has 0 saturated heterocycles. The number of hydrogen-bond acceptors (Lipinski definition) is 6. The summed E-state index contributed by atoms with van der Waals surface area (Å²) in [5.74, 6) is 3.59. The highest BCUT2D eigenvalue weighted by Crippen LogP contribution is 2.39. The molecule has 0 atom stereocenters. The van der Waals surface area contributed by atoms with Gasteiger partial charge in [-0.2, -0.15) is 0 Å². The zero-order valence-electron chi connectivity index (χ0n) is 57.4. The Hall–Kier alpha value is -14.3. The summed E-state index contributed by atoms with van der Waals surface area (Å²) in [6, 6.07) is 134. The van der Waals surface area contributed by atoms with E-state index < -0.39 is 0 Å². The Morgan fingerprint density at radius 1 is 0.142 bits per heavy atom. The zero-order valence-corrected chi connectivity index (χ0v) is 57.4. The molecule has 20 rings (SSSR count). The number of fused-ring (bicyclic) bond motifs is 8. The molecule has 0 aliphatic rings. The lowest BCUT2D eigenvalue weighted by Crippen LogP contribution is -2.01. The smallest absolute Gasteiger partial charge is 0.164 e. The highest BCUT2D eigenvalue weighted by molar-refractivity contribution is 6.10. The van der Waals surface area contributed by atoms with E-state index in [4.69, 9.17) is 29.9 Å². The van der Waals surface area contributed by atoms with Gasteiger partial charge in [-0.25, -0.2) is 29.9 Å². The molecule has 0 unspecified atom stereocenters. The molecule has 8 nitrogen and oxygen atoms in total. The van der Waals surface area contributed by atoms with Gasteiger partial charge < -0.3 is 9.13 Å². The fourth-order valence-electron chi connectivity index (χ4n) is 15.2. The predicted molar refractivity (Wildman–Crippen MR) is 437 cm³/mol. The summed E-state index contributed by atoms with van der Waals surface area (Å²) in [5, 5.41) is 9.61. The molecule has 0 aliphatic carbocycles. The summed E-state index contributed by atoms with van der Waals surface area (Å²) < 4.78 is 4.66. The molecule has 20 aromatic rings. The minimum Gasteiger partial charge on any atom is -0.309 e. The summed E-state index contributed by atoms with van der Waals surface area (Å²) in [6.07, 6.45) is 0. The van der Waals surface area contributed by atoms with Gasteiger partial charge in [0.15, 0.2) is 34.9 Å². The molecule has 4 aromatic heterocycles. The van der Waals surface area contributed by atoms with Crippen molar-refractivity contribution in [3.05, 3.63) is 376 Å². The van der Waals surface area contributed by atoms with Gasteiger partial charge in [0.1, 0.15) is 0 Å². The van der Waals surface area contributed by atoms with E-state index in [9.17, 15) is 0 Å². The van der Waals surface area contributed by atoms with E-state index in [-0.39, 0.29) is 0 Å². The van der Waals surface area contributed by atoms with Crippen LogP contribution in [-0.2, 0) is 0 Å². The third-order valence-corrected chi connectivity index (χ3v) is 20.6. The van der Waals surface area contributed by atoms with Crippen LogP contribution in [0.4, 0.5) is 0 Å². The third-order valence-electron chi connectivity index (χ3n) is 20.6. The SMILES string of the molecule is c1ccc(-c2ccc(-c3nc(-c4ccc(-c5ccc6ccc(-c7cccc(-c8ccc(-c9nc(-c%10ccc(-c%11ccc%12ccccc%12c%11)cc%10)nc(-c%10cccc(-n%11c%12ccccc%12c%12ccccc%12%11)c%10)n9)cc8)c7)cc6c5)cc4)nc(-c4ccc(-n5c6ccccc6c6ccccc65)cc4)n3)cc2)cc1. The third kappa shape index (κ3) is 11.3. The van der Waals surface area contributed by atoms with Crippen molar-refractivity contribution in [2.24, 2.45) is 0 Å². The summed E-state index contributed by atoms with van der Waals surface area (Å²) in [7, 11) is 0. The van der Waals surface area contributed by atoms with Crippen LogP contribution in [0.25, 0.3) is 200 Å². The first-order valence-electron chi connectivity index (χ1n) is 35.8. The summed E-state index contributed by atoms with van der Waals surface area (Å²) >= 11 is 0. The number of rotatable bonds is 13. The Labute approximate surface area is 611 Å². The Morgan fingerprint density at radius 3 is 0.849 bits per heavy atom. The van der Waals surface area contributed by atoms with Crippen LogP contribution >= 0.6 is 0 Å². The van der Waals surface area contributed by atoms with E-state index >= 15 is 0 Å². The van der Waals surface area contributed by atoms with E-state index in [2.05, 4.69) is 379 Å². The lowest BCUT2D eigenvalue weighted by Gasteiger charge is -2.12. The lowest BCUT2D eigenvalue weighted by molar-refractivity contribution is 1.07. The molecule has 0 saturated carbocycles. The molecular formula is C98H62N8. The fourth-order valence-corrected chi connectivity index (χ4v) is 15.2. The largest absolute Gasteiger partial charge is 0.309 e. The Balaban J connectivity index is 0.594. The van der Waals surface area contributed by atoms with E-state index in [1.165, 1.54) is 37.7 Å². The van der Waals surface area contributed by atoms with Crippen molar-refractivity contribution in [3.8, 4) is 135 Å². The number of para-hydroxylation sites is 4. The van der Waals surface area contributed by atoms with Gasteiger partial charge in [0.25, 0.3) is 0 Å². The maximum Gasteiger partial charge on any atom is 0.164 e. The van der Waals surface area contributed by atoms with Gasteiger partial charge in [-0.1, -0.05) is 291 Å². The fraction of sp³-hybridized carbons (Fsp3) is 0. The Morgan fingerprint density at radius 2 is 0.406 bits per heavy atom. The standard InChI is InChI=1S/C98H62N8/c1-2-16-63(17-3-1)65-32-43-70(44-33-65)93-99-94(101-97(100-93)74-54-56-83(57-55-74)105-89-28-10-6-24-85(89)86-25-7-11-29-90(86)105)71-49-38-68(39-50-71)79-52-41-69-42-53-80(61-82(69)60-79)77-21-14-20-76(58-77)66-34-45-72(46-35-66)95-102-96(73-47-36-67(37-48-73)78-51-40-64-18-4-5-19-75(64)59-78)104-98(103-95)81-22-15-23-84(62-81)106-91-30-12-8-26-87(91)88-27-9-13-31-92(88)106/h1-62H. The highest BCUT2D eigenvalue weighted by atomic mass is 15.0. The second kappa shape index (κ2) is 25.9. The average molecular weight is 1350 g/mol. The minimum atomic E-state index is 0.592. The molecular weight excluding hydrogens is 1290 g/mol. The maximum atomic E-state index is 5.28. The second-order valence-corrected chi connectivity index (χ2v) is 27.0. The van der Waals surface area contributed by atoms with Crippen LogP contribution in [0.5, 0.6) is 0 Å². The topological polar surface area (TPSA) is 87.2 Å². The normalized spacial score (nSPS) is 11.6. The van der Waals surface area contributed by atoms with Crippen LogP contribution < -0.4 is 0 Å². The van der Waals surface area contributed by atoms with Gasteiger partial charge in [-0.15, -0.1) is 0 Å². The first-order chi connectivity index (χ1) is 52.5. The molecule has 0 amide bonds. The molecule has 4 heterocycles. The van der Waals surface area contributed by atoms with E-state index in [1.807, 2.05) is 6.07 Å². The van der Waals surface area contributed by atoms with Crippen LogP contribution in [0.2, 0.25) is 0 Å². The minimum absolute atomic E-state index is 0.592. The van der Waals surface area contributed by atoms with Crippen molar-refractivity contribution in [2.45, 2.75) is 0 Å². The molecule has 0 bridgehead atoms. The number of benzene rings is 16. The predicted octanol–water partition coefficient (Wildman–Crippen LogP) is 24.9. The second-order valence-electron chi connectivity index (χ2n) is 27.0. The van der Waals surface area contributed by atoms with Gasteiger partial charge in [0.05, 0.1) is 22.1 Å². The first-order valence-corrected chi connectivity index (χ1v) is 35.8. The van der Waals surface area contributed by atoms with Crippen molar-refractivity contribution in [3.63, 3.8) is 0 Å².